The van der Waals surface area contributed by atoms with E-state index in [2.05, 4.69) is 10.3 Å². The van der Waals surface area contributed by atoms with E-state index in [-0.39, 0.29) is 18.3 Å². The van der Waals surface area contributed by atoms with Gasteiger partial charge in [0.25, 0.3) is 0 Å². The first-order chi connectivity index (χ1) is 12.9. The van der Waals surface area contributed by atoms with E-state index >= 15 is 0 Å². The predicted octanol–water partition coefficient (Wildman–Crippen LogP) is 3.33. The molecule has 1 saturated heterocycles. The maximum Gasteiger partial charge on any atom is 0.418 e. The van der Waals surface area contributed by atoms with Crippen molar-refractivity contribution in [2.45, 2.75) is 25.3 Å². The van der Waals surface area contributed by atoms with Crippen molar-refractivity contribution in [3.05, 3.63) is 59.9 Å². The Hall–Kier alpha value is -2.45. The average molecular weight is 379 g/mol. The van der Waals surface area contributed by atoms with E-state index < -0.39 is 17.6 Å². The number of pyridine rings is 1. The third-order valence-corrected chi connectivity index (χ3v) is 4.30. The summed E-state index contributed by atoms with van der Waals surface area (Å²) in [5, 5.41) is 2.37. The molecule has 0 bridgehead atoms. The molecule has 0 spiro atoms. The number of aromatic nitrogens is 1. The minimum atomic E-state index is -4.51. The number of rotatable bonds is 6. The van der Waals surface area contributed by atoms with Crippen LogP contribution in [0.25, 0.3) is 0 Å². The van der Waals surface area contributed by atoms with Crippen molar-refractivity contribution in [3.8, 4) is 0 Å². The van der Waals surface area contributed by atoms with Crippen molar-refractivity contribution < 1.29 is 22.7 Å². The zero-order valence-corrected chi connectivity index (χ0v) is 14.6. The Labute approximate surface area is 155 Å². The number of alkyl halides is 3. The Morgan fingerprint density at radius 1 is 1.22 bits per heavy atom. The summed E-state index contributed by atoms with van der Waals surface area (Å²) in [6, 6.07) is 10.5. The van der Waals surface area contributed by atoms with Crippen LogP contribution in [0.3, 0.4) is 0 Å². The number of likely N-dealkylation sites (tertiary alicyclic amines) is 1. The maximum atomic E-state index is 13.0. The van der Waals surface area contributed by atoms with Crippen molar-refractivity contribution in [1.82, 2.24) is 9.88 Å². The van der Waals surface area contributed by atoms with Crippen LogP contribution in [0, 0.1) is 0 Å². The molecule has 1 N–H and O–H groups in total. The molecule has 1 atom stereocenters. The third-order valence-electron chi connectivity index (χ3n) is 4.30. The summed E-state index contributed by atoms with van der Waals surface area (Å²) < 4.78 is 44.8. The SMILES string of the molecule is O=C(CN1CCC(OCc2ccccn2)C1)Nc1ccccc1C(F)(F)F. The number of benzene rings is 1. The minimum Gasteiger partial charge on any atom is -0.371 e. The number of carbonyl (C=O) groups excluding carboxylic acids is 1. The highest BCUT2D eigenvalue weighted by Crippen LogP contribution is 2.34. The summed E-state index contributed by atoms with van der Waals surface area (Å²) in [5.74, 6) is -0.475. The molecule has 1 aliphatic heterocycles. The molecule has 0 aliphatic carbocycles. The lowest BCUT2D eigenvalue weighted by Gasteiger charge is -2.17. The van der Waals surface area contributed by atoms with Gasteiger partial charge in [-0.1, -0.05) is 18.2 Å². The monoisotopic (exact) mass is 379 g/mol. The third kappa shape index (κ3) is 5.51. The number of hydrogen-bond acceptors (Lipinski definition) is 4. The van der Waals surface area contributed by atoms with Crippen LogP contribution in [0.4, 0.5) is 18.9 Å². The molecule has 3 rings (SSSR count). The Balaban J connectivity index is 1.48. The Morgan fingerprint density at radius 2 is 2.00 bits per heavy atom. The van der Waals surface area contributed by atoms with Crippen LogP contribution in [0.2, 0.25) is 0 Å². The van der Waals surface area contributed by atoms with E-state index in [0.717, 1.165) is 18.2 Å². The van der Waals surface area contributed by atoms with Crippen LogP contribution >= 0.6 is 0 Å². The number of ether oxygens (including phenoxy) is 1. The molecule has 2 heterocycles. The second kappa shape index (κ2) is 8.49. The summed E-state index contributed by atoms with van der Waals surface area (Å²) in [5.41, 5.74) is -0.244. The van der Waals surface area contributed by atoms with Gasteiger partial charge in [-0.15, -0.1) is 0 Å². The minimum absolute atomic E-state index is 0.0235. The fraction of sp³-hybridized carbons (Fsp3) is 0.368. The number of carbonyl (C=O) groups is 1. The lowest BCUT2D eigenvalue weighted by molar-refractivity contribution is -0.137. The van der Waals surface area contributed by atoms with Crippen LogP contribution in [-0.2, 0) is 22.3 Å². The molecule has 1 fully saturated rings. The van der Waals surface area contributed by atoms with Crippen molar-refractivity contribution in [3.63, 3.8) is 0 Å². The molecule has 8 heteroatoms. The molecule has 1 aromatic carbocycles. The largest absolute Gasteiger partial charge is 0.418 e. The first kappa shape index (κ1) is 19.3. The van der Waals surface area contributed by atoms with Gasteiger partial charge in [0, 0.05) is 19.3 Å². The predicted molar refractivity (Wildman–Crippen MR) is 93.9 cm³/mol. The van der Waals surface area contributed by atoms with E-state index in [1.54, 1.807) is 6.20 Å². The van der Waals surface area contributed by atoms with Gasteiger partial charge >= 0.3 is 6.18 Å². The van der Waals surface area contributed by atoms with Crippen molar-refractivity contribution >= 4 is 11.6 Å². The summed E-state index contributed by atoms with van der Waals surface area (Å²) >= 11 is 0. The van der Waals surface area contributed by atoms with Gasteiger partial charge in [0.15, 0.2) is 0 Å². The highest BCUT2D eigenvalue weighted by Gasteiger charge is 2.33. The molecule has 0 saturated carbocycles. The standard InChI is InChI=1S/C19H20F3N3O2/c20-19(21,22)16-6-1-2-7-17(16)24-18(26)12-25-10-8-15(11-25)27-13-14-5-3-4-9-23-14/h1-7,9,15H,8,10-13H2,(H,24,26). The topological polar surface area (TPSA) is 54.5 Å². The van der Waals surface area contributed by atoms with Crippen LogP contribution in [-0.4, -0.2) is 41.5 Å². The Morgan fingerprint density at radius 3 is 2.74 bits per heavy atom. The second-order valence-electron chi connectivity index (χ2n) is 6.37. The number of nitrogens with zero attached hydrogens (tertiary/aromatic N) is 2. The van der Waals surface area contributed by atoms with Gasteiger partial charge in [-0.3, -0.25) is 14.7 Å². The van der Waals surface area contributed by atoms with E-state index in [1.807, 2.05) is 23.1 Å². The highest BCUT2D eigenvalue weighted by molar-refractivity contribution is 5.93. The first-order valence-corrected chi connectivity index (χ1v) is 8.62. The lowest BCUT2D eigenvalue weighted by Crippen LogP contribution is -2.33. The zero-order chi connectivity index (χ0) is 19.3. The Bertz CT molecular complexity index is 768. The molecular weight excluding hydrogens is 359 g/mol. The molecule has 1 amide bonds. The normalized spacial score (nSPS) is 17.8. The molecular formula is C19H20F3N3O2. The van der Waals surface area contributed by atoms with Gasteiger partial charge in [0.1, 0.15) is 0 Å². The second-order valence-corrected chi connectivity index (χ2v) is 6.37. The van der Waals surface area contributed by atoms with E-state index in [9.17, 15) is 18.0 Å². The number of para-hydroxylation sites is 1. The quantitative estimate of drug-likeness (QED) is 0.837. The summed E-state index contributed by atoms with van der Waals surface area (Å²) in [6.07, 6.45) is -2.08. The summed E-state index contributed by atoms with van der Waals surface area (Å²) in [7, 11) is 0. The smallest absolute Gasteiger partial charge is 0.371 e. The van der Waals surface area contributed by atoms with Crippen LogP contribution in [0.1, 0.15) is 17.7 Å². The van der Waals surface area contributed by atoms with Gasteiger partial charge < -0.3 is 10.1 Å². The molecule has 27 heavy (non-hydrogen) atoms. The number of nitrogens with one attached hydrogen (secondary N) is 1. The number of hydrogen-bond donors (Lipinski definition) is 1. The molecule has 2 aromatic rings. The van der Waals surface area contributed by atoms with Crippen molar-refractivity contribution in [1.29, 1.82) is 0 Å². The summed E-state index contributed by atoms with van der Waals surface area (Å²) in [6.45, 7) is 1.63. The van der Waals surface area contributed by atoms with Crippen molar-refractivity contribution in [2.24, 2.45) is 0 Å². The fourth-order valence-electron chi connectivity index (χ4n) is 3.00. The molecule has 0 radical (unpaired) electrons. The van der Waals surface area contributed by atoms with Gasteiger partial charge in [0.2, 0.25) is 5.91 Å². The molecule has 1 unspecified atom stereocenters. The van der Waals surface area contributed by atoms with Crippen LogP contribution in [0.5, 0.6) is 0 Å². The van der Waals surface area contributed by atoms with Crippen LogP contribution < -0.4 is 5.32 Å². The van der Waals surface area contributed by atoms with Crippen LogP contribution in [0.15, 0.2) is 48.7 Å². The van der Waals surface area contributed by atoms with Gasteiger partial charge in [-0.2, -0.15) is 13.2 Å². The molecule has 1 aromatic heterocycles. The highest BCUT2D eigenvalue weighted by atomic mass is 19.4. The Kier molecular flexibility index (Phi) is 6.08. The average Bonchev–Trinajstić information content (AvgIpc) is 3.07. The van der Waals surface area contributed by atoms with E-state index in [1.165, 1.54) is 18.2 Å². The van der Waals surface area contributed by atoms with E-state index in [0.29, 0.717) is 19.7 Å². The summed E-state index contributed by atoms with van der Waals surface area (Å²) in [4.78, 5) is 18.2. The number of amides is 1. The van der Waals surface area contributed by atoms with E-state index in [4.69, 9.17) is 4.74 Å². The number of halogens is 3. The maximum absolute atomic E-state index is 13.0. The molecule has 1 aliphatic rings. The molecule has 144 valence electrons. The first-order valence-electron chi connectivity index (χ1n) is 8.62. The number of anilines is 1. The van der Waals surface area contributed by atoms with Gasteiger partial charge in [-0.25, -0.2) is 0 Å². The van der Waals surface area contributed by atoms with Gasteiger partial charge in [-0.05, 0) is 30.7 Å². The molecule has 5 nitrogen and oxygen atoms in total. The lowest BCUT2D eigenvalue weighted by atomic mass is 10.1. The fourth-order valence-corrected chi connectivity index (χ4v) is 3.00. The van der Waals surface area contributed by atoms with Gasteiger partial charge in [0.05, 0.1) is 36.2 Å². The van der Waals surface area contributed by atoms with Crippen molar-refractivity contribution in [2.75, 3.05) is 25.0 Å². The zero-order valence-electron chi connectivity index (χ0n) is 14.6.